The van der Waals surface area contributed by atoms with E-state index in [9.17, 15) is 14.9 Å². The number of nitrogens with one attached hydrogen (secondary N) is 1. The molecule has 1 N–H and O–H groups in total. The van der Waals surface area contributed by atoms with Gasteiger partial charge in [-0.2, -0.15) is 0 Å². The lowest BCUT2D eigenvalue weighted by Gasteiger charge is -2.16. The highest BCUT2D eigenvalue weighted by atomic mass is 16.6. The zero-order valence-electron chi connectivity index (χ0n) is 16.3. The fraction of sp³-hybridized carbons (Fsp3) is 0.227. The zero-order valence-corrected chi connectivity index (χ0v) is 16.3. The average Bonchev–Trinajstić information content (AvgIpc) is 3.20. The van der Waals surface area contributed by atoms with E-state index in [0.29, 0.717) is 17.1 Å². The number of rotatable bonds is 8. The number of amides is 1. The molecule has 3 aromatic rings. The Morgan fingerprint density at radius 3 is 2.59 bits per heavy atom. The summed E-state index contributed by atoms with van der Waals surface area (Å²) < 4.78 is 11.2. The third kappa shape index (κ3) is 5.01. The minimum atomic E-state index is -0.435. The highest BCUT2D eigenvalue weighted by molar-refractivity contribution is 5.91. The van der Waals surface area contributed by atoms with Crippen molar-refractivity contribution >= 4 is 11.6 Å². The summed E-state index contributed by atoms with van der Waals surface area (Å²) in [6.07, 6.45) is 0.756. The van der Waals surface area contributed by atoms with Crippen LogP contribution in [0.15, 0.2) is 65.1 Å². The van der Waals surface area contributed by atoms with Crippen molar-refractivity contribution in [2.75, 3.05) is 0 Å². The first kappa shape index (κ1) is 20.1. The molecular formula is C22H22N2O5. The van der Waals surface area contributed by atoms with Gasteiger partial charge in [-0.1, -0.05) is 37.3 Å². The standard InChI is InChI=1S/C22H22N2O5/c1-3-19(16-7-5-4-6-8-16)23-22(25)21-12-10-18(29-21)14-28-17-9-11-20(24(26)27)15(2)13-17/h4-13,19H,3,14H2,1-2H3,(H,23,25). The monoisotopic (exact) mass is 394 g/mol. The van der Waals surface area contributed by atoms with Crippen molar-refractivity contribution in [1.29, 1.82) is 0 Å². The minimum Gasteiger partial charge on any atom is -0.486 e. The molecule has 0 saturated carbocycles. The number of carbonyl (C=O) groups excluding carboxylic acids is 1. The Balaban J connectivity index is 1.61. The van der Waals surface area contributed by atoms with Gasteiger partial charge < -0.3 is 14.5 Å². The normalized spacial score (nSPS) is 11.7. The lowest BCUT2D eigenvalue weighted by atomic mass is 10.0. The first-order chi connectivity index (χ1) is 14.0. The molecule has 1 heterocycles. The molecule has 0 fully saturated rings. The Labute approximate surface area is 168 Å². The molecule has 29 heavy (non-hydrogen) atoms. The molecule has 1 amide bonds. The molecule has 150 valence electrons. The molecule has 7 heteroatoms. The number of ether oxygens (including phenoxy) is 1. The number of hydrogen-bond acceptors (Lipinski definition) is 5. The number of nitro groups is 1. The van der Waals surface area contributed by atoms with Crippen LogP contribution in [0.25, 0.3) is 0 Å². The van der Waals surface area contributed by atoms with E-state index in [1.165, 1.54) is 12.1 Å². The lowest BCUT2D eigenvalue weighted by molar-refractivity contribution is -0.385. The molecule has 1 aromatic heterocycles. The van der Waals surface area contributed by atoms with Crippen LogP contribution in [0, 0.1) is 17.0 Å². The third-order valence-electron chi connectivity index (χ3n) is 4.55. The van der Waals surface area contributed by atoms with Crippen LogP contribution >= 0.6 is 0 Å². The van der Waals surface area contributed by atoms with E-state index in [2.05, 4.69) is 5.32 Å². The van der Waals surface area contributed by atoms with Crippen molar-refractivity contribution in [2.45, 2.75) is 32.9 Å². The number of nitro benzene ring substituents is 1. The molecule has 0 radical (unpaired) electrons. The number of hydrogen-bond donors (Lipinski definition) is 1. The number of benzene rings is 2. The van der Waals surface area contributed by atoms with Crippen LogP contribution in [0.3, 0.4) is 0 Å². The Morgan fingerprint density at radius 1 is 1.17 bits per heavy atom. The Hall–Kier alpha value is -3.61. The van der Waals surface area contributed by atoms with Gasteiger partial charge in [-0.05, 0) is 43.2 Å². The van der Waals surface area contributed by atoms with Gasteiger partial charge in [-0.3, -0.25) is 14.9 Å². The van der Waals surface area contributed by atoms with Gasteiger partial charge >= 0.3 is 0 Å². The van der Waals surface area contributed by atoms with E-state index in [1.807, 2.05) is 37.3 Å². The van der Waals surface area contributed by atoms with Gasteiger partial charge in [0, 0.05) is 11.6 Å². The molecule has 0 aliphatic heterocycles. The van der Waals surface area contributed by atoms with Crippen LogP contribution in [0.2, 0.25) is 0 Å². The highest BCUT2D eigenvalue weighted by Gasteiger charge is 2.17. The van der Waals surface area contributed by atoms with Crippen molar-refractivity contribution < 1.29 is 18.9 Å². The number of nitrogens with zero attached hydrogens (tertiary/aromatic N) is 1. The Kier molecular flexibility index (Phi) is 6.29. The molecule has 0 aliphatic rings. The van der Waals surface area contributed by atoms with Gasteiger partial charge in [0.15, 0.2) is 5.76 Å². The maximum Gasteiger partial charge on any atom is 0.287 e. The van der Waals surface area contributed by atoms with Crippen LogP contribution in [0.4, 0.5) is 5.69 Å². The summed E-state index contributed by atoms with van der Waals surface area (Å²) in [5, 5.41) is 13.9. The van der Waals surface area contributed by atoms with E-state index >= 15 is 0 Å². The largest absolute Gasteiger partial charge is 0.486 e. The predicted molar refractivity (Wildman–Crippen MR) is 108 cm³/mol. The maximum atomic E-state index is 12.5. The van der Waals surface area contributed by atoms with E-state index in [1.54, 1.807) is 25.1 Å². The van der Waals surface area contributed by atoms with Crippen LogP contribution in [-0.2, 0) is 6.61 Å². The average molecular weight is 394 g/mol. The fourth-order valence-electron chi connectivity index (χ4n) is 2.99. The van der Waals surface area contributed by atoms with E-state index in [-0.39, 0.29) is 30.0 Å². The first-order valence-corrected chi connectivity index (χ1v) is 9.30. The summed E-state index contributed by atoms with van der Waals surface area (Å²) in [5.74, 6) is 0.889. The Bertz CT molecular complexity index is 997. The smallest absolute Gasteiger partial charge is 0.287 e. The molecule has 0 spiro atoms. The predicted octanol–water partition coefficient (Wildman–Crippen LogP) is 4.96. The summed E-state index contributed by atoms with van der Waals surface area (Å²) in [7, 11) is 0. The van der Waals surface area contributed by atoms with Crippen molar-refractivity contribution in [3.8, 4) is 5.75 Å². The van der Waals surface area contributed by atoms with Gasteiger partial charge in [0.05, 0.1) is 11.0 Å². The van der Waals surface area contributed by atoms with E-state index in [4.69, 9.17) is 9.15 Å². The molecule has 1 atom stereocenters. The maximum absolute atomic E-state index is 12.5. The molecule has 0 saturated heterocycles. The fourth-order valence-corrected chi connectivity index (χ4v) is 2.99. The molecule has 7 nitrogen and oxygen atoms in total. The quantitative estimate of drug-likeness (QED) is 0.431. The third-order valence-corrected chi connectivity index (χ3v) is 4.55. The minimum absolute atomic E-state index is 0.0400. The molecule has 0 aliphatic carbocycles. The van der Waals surface area contributed by atoms with Crippen LogP contribution in [0.1, 0.15) is 46.8 Å². The van der Waals surface area contributed by atoms with Gasteiger partial charge in [-0.15, -0.1) is 0 Å². The van der Waals surface area contributed by atoms with E-state index < -0.39 is 4.92 Å². The van der Waals surface area contributed by atoms with E-state index in [0.717, 1.165) is 12.0 Å². The van der Waals surface area contributed by atoms with Gasteiger partial charge in [-0.25, -0.2) is 0 Å². The van der Waals surface area contributed by atoms with Crippen LogP contribution in [0.5, 0.6) is 5.75 Å². The zero-order chi connectivity index (χ0) is 20.8. The summed E-state index contributed by atoms with van der Waals surface area (Å²) in [6.45, 7) is 3.77. The van der Waals surface area contributed by atoms with Crippen molar-refractivity contribution in [3.63, 3.8) is 0 Å². The first-order valence-electron chi connectivity index (χ1n) is 9.30. The summed E-state index contributed by atoms with van der Waals surface area (Å²) in [6, 6.07) is 17.5. The van der Waals surface area contributed by atoms with Crippen molar-refractivity contribution in [3.05, 3.63) is 93.4 Å². The van der Waals surface area contributed by atoms with Crippen molar-refractivity contribution in [1.82, 2.24) is 5.32 Å². The Morgan fingerprint density at radius 2 is 1.93 bits per heavy atom. The summed E-state index contributed by atoms with van der Waals surface area (Å²) >= 11 is 0. The van der Waals surface area contributed by atoms with Crippen LogP contribution < -0.4 is 10.1 Å². The number of furan rings is 1. The highest BCUT2D eigenvalue weighted by Crippen LogP contribution is 2.24. The topological polar surface area (TPSA) is 94.6 Å². The summed E-state index contributed by atoms with van der Waals surface area (Å²) in [5.41, 5.74) is 1.59. The number of aryl methyl sites for hydroxylation is 1. The lowest BCUT2D eigenvalue weighted by Crippen LogP contribution is -2.27. The van der Waals surface area contributed by atoms with Gasteiger partial charge in [0.1, 0.15) is 18.1 Å². The summed E-state index contributed by atoms with van der Waals surface area (Å²) in [4.78, 5) is 23.0. The molecule has 2 aromatic carbocycles. The molecular weight excluding hydrogens is 372 g/mol. The van der Waals surface area contributed by atoms with Gasteiger partial charge in [0.2, 0.25) is 0 Å². The second kappa shape index (κ2) is 9.05. The van der Waals surface area contributed by atoms with Gasteiger partial charge in [0.25, 0.3) is 11.6 Å². The number of carbonyl (C=O) groups is 1. The molecule has 1 unspecified atom stereocenters. The molecule has 3 rings (SSSR count). The second-order valence-electron chi connectivity index (χ2n) is 6.61. The second-order valence-corrected chi connectivity index (χ2v) is 6.61. The molecule has 0 bridgehead atoms. The SMILES string of the molecule is CCC(NC(=O)c1ccc(COc2ccc([N+](=O)[O-])c(C)c2)o1)c1ccccc1. The van der Waals surface area contributed by atoms with Crippen LogP contribution in [-0.4, -0.2) is 10.8 Å². The van der Waals surface area contributed by atoms with Crippen molar-refractivity contribution in [2.24, 2.45) is 0 Å².